The number of hydrogen-bond acceptors (Lipinski definition) is 5. The van der Waals surface area contributed by atoms with Crippen LogP contribution in [0.2, 0.25) is 0 Å². The predicted octanol–water partition coefficient (Wildman–Crippen LogP) is 3.97. The summed E-state index contributed by atoms with van der Waals surface area (Å²) in [4.78, 5) is 14.8. The Labute approximate surface area is 124 Å². The molecule has 2 N–H and O–H groups in total. The zero-order chi connectivity index (χ0) is 14.8. The summed E-state index contributed by atoms with van der Waals surface area (Å²) in [5.74, 6) is 0. The largest absolute Gasteiger partial charge is 0.398 e. The molecule has 1 heterocycles. The molecule has 0 aliphatic rings. The first-order chi connectivity index (χ1) is 10.1. The summed E-state index contributed by atoms with van der Waals surface area (Å²) in [5, 5.41) is 13.4. The number of hydrogen-bond donors (Lipinski definition) is 1. The van der Waals surface area contributed by atoms with Crippen molar-refractivity contribution in [1.82, 2.24) is 4.98 Å². The predicted molar refractivity (Wildman–Crippen MR) is 84.1 cm³/mol. The van der Waals surface area contributed by atoms with E-state index in [2.05, 4.69) is 4.98 Å². The lowest BCUT2D eigenvalue weighted by atomic mass is 10.1. The minimum Gasteiger partial charge on any atom is -0.398 e. The smallest absolute Gasteiger partial charge is 0.269 e. The van der Waals surface area contributed by atoms with Crippen molar-refractivity contribution in [1.29, 1.82) is 0 Å². The third-order valence-corrected chi connectivity index (χ3v) is 3.94. The molecule has 104 valence electrons. The van der Waals surface area contributed by atoms with Crippen molar-refractivity contribution in [3.63, 3.8) is 0 Å². The fourth-order valence-electron chi connectivity index (χ4n) is 1.98. The number of nitrogens with two attached hydrogens (primary N) is 1. The number of nitrogen functional groups attached to an aromatic ring is 1. The van der Waals surface area contributed by atoms with Crippen molar-refractivity contribution >= 4 is 22.7 Å². The molecule has 0 saturated heterocycles. The van der Waals surface area contributed by atoms with Gasteiger partial charge in [0.2, 0.25) is 0 Å². The molecule has 0 amide bonds. The first-order valence-corrected chi connectivity index (χ1v) is 7.08. The number of non-ortho nitro benzene ring substituents is 1. The van der Waals surface area contributed by atoms with Crippen LogP contribution in [0, 0.1) is 10.1 Å². The SMILES string of the molecule is Nc1ccccc1-c1nc(-c2ccc([N+](=O)[O-])cc2)cs1. The minimum absolute atomic E-state index is 0.0708. The summed E-state index contributed by atoms with van der Waals surface area (Å²) in [7, 11) is 0. The van der Waals surface area contributed by atoms with E-state index in [1.54, 1.807) is 12.1 Å². The van der Waals surface area contributed by atoms with Crippen LogP contribution in [-0.4, -0.2) is 9.91 Å². The Kier molecular flexibility index (Phi) is 3.37. The quantitative estimate of drug-likeness (QED) is 0.450. The number of thiazole rings is 1. The zero-order valence-corrected chi connectivity index (χ0v) is 11.7. The van der Waals surface area contributed by atoms with Gasteiger partial charge in [-0.2, -0.15) is 0 Å². The minimum atomic E-state index is -0.416. The molecule has 1 aromatic heterocycles. The topological polar surface area (TPSA) is 82.0 Å². The van der Waals surface area contributed by atoms with Crippen LogP contribution < -0.4 is 5.73 Å². The van der Waals surface area contributed by atoms with E-state index in [1.165, 1.54) is 23.5 Å². The lowest BCUT2D eigenvalue weighted by molar-refractivity contribution is -0.384. The second-order valence-electron chi connectivity index (χ2n) is 4.43. The third-order valence-electron chi connectivity index (χ3n) is 3.07. The summed E-state index contributed by atoms with van der Waals surface area (Å²) in [6.07, 6.45) is 0. The highest BCUT2D eigenvalue weighted by atomic mass is 32.1. The van der Waals surface area contributed by atoms with E-state index in [1.807, 2.05) is 29.6 Å². The molecule has 0 unspecified atom stereocenters. The molecule has 0 aliphatic heterocycles. The lowest BCUT2D eigenvalue weighted by Gasteiger charge is -2.00. The molecule has 5 nitrogen and oxygen atoms in total. The van der Waals surface area contributed by atoms with Gasteiger partial charge in [-0.15, -0.1) is 11.3 Å². The Balaban J connectivity index is 1.95. The van der Waals surface area contributed by atoms with Crippen LogP contribution in [0.25, 0.3) is 21.8 Å². The third kappa shape index (κ3) is 2.61. The van der Waals surface area contributed by atoms with Crippen LogP contribution >= 0.6 is 11.3 Å². The van der Waals surface area contributed by atoms with Crippen LogP contribution in [-0.2, 0) is 0 Å². The summed E-state index contributed by atoms with van der Waals surface area (Å²) >= 11 is 1.50. The number of anilines is 1. The van der Waals surface area contributed by atoms with Crippen molar-refractivity contribution in [3.8, 4) is 21.8 Å². The summed E-state index contributed by atoms with van der Waals surface area (Å²) in [5.41, 5.74) is 9.23. The summed E-state index contributed by atoms with van der Waals surface area (Å²) in [6, 6.07) is 13.9. The molecule has 0 bridgehead atoms. The van der Waals surface area contributed by atoms with Crippen LogP contribution in [0.4, 0.5) is 11.4 Å². The molecular weight excluding hydrogens is 286 g/mol. The number of nitro benzene ring substituents is 1. The molecule has 3 rings (SSSR count). The average Bonchev–Trinajstić information content (AvgIpc) is 2.97. The van der Waals surface area contributed by atoms with Crippen molar-refractivity contribution in [2.75, 3.05) is 5.73 Å². The Bertz CT molecular complexity index is 797. The van der Waals surface area contributed by atoms with Gasteiger partial charge < -0.3 is 5.73 Å². The second-order valence-corrected chi connectivity index (χ2v) is 5.29. The molecule has 6 heteroatoms. The van der Waals surface area contributed by atoms with E-state index >= 15 is 0 Å². The van der Waals surface area contributed by atoms with E-state index in [4.69, 9.17) is 5.73 Å². The Morgan fingerprint density at radius 3 is 2.48 bits per heavy atom. The highest BCUT2D eigenvalue weighted by Crippen LogP contribution is 2.32. The maximum absolute atomic E-state index is 10.7. The van der Waals surface area contributed by atoms with E-state index in [0.29, 0.717) is 5.69 Å². The van der Waals surface area contributed by atoms with Crippen LogP contribution in [0.15, 0.2) is 53.9 Å². The Morgan fingerprint density at radius 1 is 1.10 bits per heavy atom. The number of para-hydroxylation sites is 1. The van der Waals surface area contributed by atoms with Crippen LogP contribution in [0.3, 0.4) is 0 Å². The Hall–Kier alpha value is -2.73. The number of nitrogens with zero attached hydrogens (tertiary/aromatic N) is 2. The molecule has 0 radical (unpaired) electrons. The second kappa shape index (κ2) is 5.34. The maximum Gasteiger partial charge on any atom is 0.269 e. The molecule has 0 aliphatic carbocycles. The van der Waals surface area contributed by atoms with E-state index in [9.17, 15) is 10.1 Å². The molecule has 3 aromatic rings. The molecule has 0 atom stereocenters. The number of aromatic nitrogens is 1. The van der Waals surface area contributed by atoms with Gasteiger partial charge in [-0.05, 0) is 24.3 Å². The fraction of sp³-hybridized carbons (Fsp3) is 0. The van der Waals surface area contributed by atoms with Gasteiger partial charge in [0, 0.05) is 34.3 Å². The maximum atomic E-state index is 10.7. The summed E-state index contributed by atoms with van der Waals surface area (Å²) < 4.78 is 0. The van der Waals surface area contributed by atoms with Crippen molar-refractivity contribution in [2.45, 2.75) is 0 Å². The van der Waals surface area contributed by atoms with E-state index in [-0.39, 0.29) is 5.69 Å². The number of benzene rings is 2. The molecule has 0 fully saturated rings. The van der Waals surface area contributed by atoms with Gasteiger partial charge in [-0.3, -0.25) is 10.1 Å². The fourth-order valence-corrected chi connectivity index (χ4v) is 2.85. The lowest BCUT2D eigenvalue weighted by Crippen LogP contribution is -1.89. The van der Waals surface area contributed by atoms with E-state index in [0.717, 1.165) is 21.8 Å². The highest BCUT2D eigenvalue weighted by molar-refractivity contribution is 7.13. The highest BCUT2D eigenvalue weighted by Gasteiger charge is 2.10. The zero-order valence-electron chi connectivity index (χ0n) is 10.9. The molecule has 0 spiro atoms. The van der Waals surface area contributed by atoms with Crippen molar-refractivity contribution in [3.05, 3.63) is 64.0 Å². The normalized spacial score (nSPS) is 10.5. The van der Waals surface area contributed by atoms with Gasteiger partial charge in [0.25, 0.3) is 5.69 Å². The number of rotatable bonds is 3. The van der Waals surface area contributed by atoms with Gasteiger partial charge in [0.15, 0.2) is 0 Å². The average molecular weight is 297 g/mol. The molecule has 21 heavy (non-hydrogen) atoms. The van der Waals surface area contributed by atoms with E-state index < -0.39 is 4.92 Å². The van der Waals surface area contributed by atoms with Gasteiger partial charge in [-0.25, -0.2) is 4.98 Å². The van der Waals surface area contributed by atoms with Crippen LogP contribution in [0.1, 0.15) is 0 Å². The first-order valence-electron chi connectivity index (χ1n) is 6.20. The molecular formula is C15H11N3O2S. The van der Waals surface area contributed by atoms with Gasteiger partial charge >= 0.3 is 0 Å². The van der Waals surface area contributed by atoms with Crippen molar-refractivity contribution < 1.29 is 4.92 Å². The number of nitro groups is 1. The standard InChI is InChI=1S/C15H11N3O2S/c16-13-4-2-1-3-12(13)15-17-14(9-21-15)10-5-7-11(8-6-10)18(19)20/h1-9H,16H2. The van der Waals surface area contributed by atoms with Gasteiger partial charge in [0.1, 0.15) is 5.01 Å². The molecule has 0 saturated carbocycles. The Morgan fingerprint density at radius 2 is 1.81 bits per heavy atom. The molecule has 2 aromatic carbocycles. The monoisotopic (exact) mass is 297 g/mol. The van der Waals surface area contributed by atoms with Gasteiger partial charge in [-0.1, -0.05) is 12.1 Å². The van der Waals surface area contributed by atoms with Gasteiger partial charge in [0.05, 0.1) is 10.6 Å². The first kappa shape index (κ1) is 13.3. The van der Waals surface area contributed by atoms with Crippen molar-refractivity contribution in [2.24, 2.45) is 0 Å². The van der Waals surface area contributed by atoms with Crippen LogP contribution in [0.5, 0.6) is 0 Å². The summed E-state index contributed by atoms with van der Waals surface area (Å²) in [6.45, 7) is 0.